The predicted molar refractivity (Wildman–Crippen MR) is 134 cm³/mol. The van der Waals surface area contributed by atoms with Gasteiger partial charge in [0.1, 0.15) is 23.1 Å². The summed E-state index contributed by atoms with van der Waals surface area (Å²) in [6.07, 6.45) is 1.70. The zero-order chi connectivity index (χ0) is 25.5. The number of esters is 1. The first kappa shape index (κ1) is 26.0. The largest absolute Gasteiger partial charge is 0.486 e. The molecule has 3 N–H and O–H groups in total. The molecular weight excluding hydrogens is 468 g/mol. The van der Waals surface area contributed by atoms with Crippen molar-refractivity contribution in [3.63, 3.8) is 0 Å². The van der Waals surface area contributed by atoms with Gasteiger partial charge in [-0.1, -0.05) is 32.9 Å². The normalized spacial score (nSPS) is 11.7. The summed E-state index contributed by atoms with van der Waals surface area (Å²) in [5, 5.41) is 2.82. The quantitative estimate of drug-likeness (QED) is 0.329. The van der Waals surface area contributed by atoms with Crippen molar-refractivity contribution in [3.05, 3.63) is 69.5 Å². The lowest BCUT2D eigenvalue weighted by Crippen LogP contribution is -2.15. The number of carbonyl (C=O) groups excluding carboxylic acids is 3. The van der Waals surface area contributed by atoms with Gasteiger partial charge in [0, 0.05) is 0 Å². The number of amides is 2. The Morgan fingerprint density at radius 2 is 1.83 bits per heavy atom. The van der Waals surface area contributed by atoms with Crippen LogP contribution in [0, 0.1) is 6.92 Å². The summed E-state index contributed by atoms with van der Waals surface area (Å²) in [5.74, 6) is -0.211. The van der Waals surface area contributed by atoms with Crippen molar-refractivity contribution in [2.75, 3.05) is 11.9 Å². The number of furan rings is 1. The Labute approximate surface area is 208 Å². The lowest BCUT2D eigenvalue weighted by molar-refractivity contribution is 0.0506. The molecule has 0 spiro atoms. The monoisotopic (exact) mass is 498 g/mol. The fourth-order valence-corrected chi connectivity index (χ4v) is 4.42. The molecule has 0 saturated heterocycles. The molecule has 1 atom stereocenters. The molecule has 35 heavy (non-hydrogen) atoms. The van der Waals surface area contributed by atoms with Gasteiger partial charge >= 0.3 is 5.97 Å². The second kappa shape index (κ2) is 11.7. The number of ether oxygens (including phenoxy) is 2. The fraction of sp³-hybridized carbons (Fsp3) is 0.346. The average molecular weight is 499 g/mol. The van der Waals surface area contributed by atoms with Crippen LogP contribution in [0.4, 0.5) is 5.00 Å². The molecule has 0 radical (unpaired) electrons. The highest BCUT2D eigenvalue weighted by atomic mass is 32.1. The molecule has 8 nitrogen and oxygen atoms in total. The second-order valence-electron chi connectivity index (χ2n) is 8.15. The smallest absolute Gasteiger partial charge is 0.341 e. The first-order valence-corrected chi connectivity index (χ1v) is 12.3. The van der Waals surface area contributed by atoms with E-state index in [2.05, 4.69) is 19.2 Å². The van der Waals surface area contributed by atoms with E-state index in [1.54, 1.807) is 13.0 Å². The minimum atomic E-state index is -0.688. The van der Waals surface area contributed by atoms with Crippen LogP contribution >= 0.6 is 11.3 Å². The van der Waals surface area contributed by atoms with E-state index in [-0.39, 0.29) is 34.4 Å². The standard InChI is InChI=1S/C26H30N2O6S/c1-5-13-32-26(31)21-16(4)22(23(27)29)35-25(21)28-24(30)20-12-11-19(34-20)14-33-18-9-7-17(8-10-18)15(3)6-2/h7-12,15H,5-6,13-14H2,1-4H3,(H2,27,29)(H,28,30). The Kier molecular flexibility index (Phi) is 8.70. The highest BCUT2D eigenvalue weighted by Crippen LogP contribution is 2.34. The van der Waals surface area contributed by atoms with Crippen LogP contribution in [-0.4, -0.2) is 24.4 Å². The van der Waals surface area contributed by atoms with Crippen molar-refractivity contribution >= 4 is 34.1 Å². The van der Waals surface area contributed by atoms with Crippen LogP contribution in [-0.2, 0) is 11.3 Å². The molecule has 1 aromatic carbocycles. The Hall–Kier alpha value is -3.59. The van der Waals surface area contributed by atoms with Gasteiger partial charge in [-0.25, -0.2) is 4.79 Å². The summed E-state index contributed by atoms with van der Waals surface area (Å²) in [6.45, 7) is 8.14. The molecule has 1 unspecified atom stereocenters. The summed E-state index contributed by atoms with van der Waals surface area (Å²) in [6, 6.07) is 11.1. The third kappa shape index (κ3) is 6.30. The van der Waals surface area contributed by atoms with E-state index in [0.717, 1.165) is 17.8 Å². The summed E-state index contributed by atoms with van der Waals surface area (Å²) >= 11 is 0.924. The van der Waals surface area contributed by atoms with E-state index < -0.39 is 17.8 Å². The first-order valence-electron chi connectivity index (χ1n) is 11.5. The number of anilines is 1. The van der Waals surface area contributed by atoms with Crippen molar-refractivity contribution in [3.8, 4) is 5.75 Å². The maximum absolute atomic E-state index is 12.8. The Morgan fingerprint density at radius 1 is 1.11 bits per heavy atom. The zero-order valence-corrected chi connectivity index (χ0v) is 21.1. The number of rotatable bonds is 11. The molecule has 0 aliphatic heterocycles. The van der Waals surface area contributed by atoms with Crippen molar-refractivity contribution in [2.45, 2.75) is 53.1 Å². The maximum Gasteiger partial charge on any atom is 0.341 e. The van der Waals surface area contributed by atoms with Crippen LogP contribution in [0.1, 0.15) is 87.0 Å². The number of carbonyl (C=O) groups is 3. The molecule has 2 amide bonds. The number of primary amides is 1. The topological polar surface area (TPSA) is 121 Å². The number of nitrogens with two attached hydrogens (primary N) is 1. The molecule has 3 rings (SSSR count). The minimum absolute atomic E-state index is 0.0373. The van der Waals surface area contributed by atoms with Crippen LogP contribution in [0.5, 0.6) is 5.75 Å². The van der Waals surface area contributed by atoms with Crippen LogP contribution < -0.4 is 15.8 Å². The number of benzene rings is 1. The fourth-order valence-electron chi connectivity index (χ4n) is 3.37. The first-order chi connectivity index (χ1) is 16.7. The molecule has 0 aliphatic carbocycles. The molecule has 0 bridgehead atoms. The SMILES string of the molecule is CCCOC(=O)c1c(NC(=O)c2ccc(COc3ccc(C(C)CC)cc3)o2)sc(C(N)=O)c1C. The van der Waals surface area contributed by atoms with Gasteiger partial charge in [0.2, 0.25) is 0 Å². The molecule has 0 aliphatic rings. The van der Waals surface area contributed by atoms with E-state index >= 15 is 0 Å². The molecule has 0 fully saturated rings. The van der Waals surface area contributed by atoms with E-state index in [4.69, 9.17) is 19.6 Å². The Balaban J connectivity index is 1.69. The van der Waals surface area contributed by atoms with Crippen LogP contribution in [0.15, 0.2) is 40.8 Å². The molecular formula is C26H30N2O6S. The van der Waals surface area contributed by atoms with E-state index in [1.807, 2.05) is 31.2 Å². The summed E-state index contributed by atoms with van der Waals surface area (Å²) < 4.78 is 16.6. The van der Waals surface area contributed by atoms with Gasteiger partial charge in [0.15, 0.2) is 5.76 Å². The minimum Gasteiger partial charge on any atom is -0.486 e. The van der Waals surface area contributed by atoms with Crippen LogP contribution in [0.25, 0.3) is 0 Å². The van der Waals surface area contributed by atoms with Crippen molar-refractivity contribution in [2.24, 2.45) is 5.73 Å². The summed E-state index contributed by atoms with van der Waals surface area (Å²) in [5.41, 5.74) is 7.16. The number of thiophene rings is 1. The Bertz CT molecular complexity index is 1200. The number of nitrogens with one attached hydrogen (secondary N) is 1. The molecule has 0 saturated carbocycles. The average Bonchev–Trinajstić information content (AvgIpc) is 3.45. The highest BCUT2D eigenvalue weighted by molar-refractivity contribution is 7.18. The zero-order valence-electron chi connectivity index (χ0n) is 20.3. The van der Waals surface area contributed by atoms with Gasteiger partial charge in [-0.3, -0.25) is 9.59 Å². The van der Waals surface area contributed by atoms with E-state index in [9.17, 15) is 14.4 Å². The van der Waals surface area contributed by atoms with Crippen molar-refractivity contribution < 1.29 is 28.3 Å². The van der Waals surface area contributed by atoms with E-state index in [0.29, 0.717) is 29.4 Å². The lowest BCUT2D eigenvalue weighted by Gasteiger charge is -2.10. The van der Waals surface area contributed by atoms with Gasteiger partial charge < -0.3 is 24.9 Å². The second-order valence-corrected chi connectivity index (χ2v) is 9.17. The molecule has 2 heterocycles. The maximum atomic E-state index is 12.8. The van der Waals surface area contributed by atoms with Crippen molar-refractivity contribution in [1.29, 1.82) is 0 Å². The van der Waals surface area contributed by atoms with Gasteiger partial charge in [-0.05, 0) is 61.1 Å². The van der Waals surface area contributed by atoms with E-state index in [1.165, 1.54) is 11.6 Å². The third-order valence-corrected chi connectivity index (χ3v) is 6.79. The lowest BCUT2D eigenvalue weighted by atomic mass is 9.99. The molecule has 9 heteroatoms. The van der Waals surface area contributed by atoms with Crippen molar-refractivity contribution in [1.82, 2.24) is 0 Å². The van der Waals surface area contributed by atoms with Crippen LogP contribution in [0.2, 0.25) is 0 Å². The number of hydrogen-bond acceptors (Lipinski definition) is 7. The van der Waals surface area contributed by atoms with Gasteiger partial charge in [-0.15, -0.1) is 11.3 Å². The Morgan fingerprint density at radius 3 is 2.46 bits per heavy atom. The summed E-state index contributed by atoms with van der Waals surface area (Å²) in [4.78, 5) is 37.3. The molecule has 186 valence electrons. The third-order valence-electron chi connectivity index (χ3n) is 5.57. The predicted octanol–water partition coefficient (Wildman–Crippen LogP) is 5.66. The van der Waals surface area contributed by atoms with Gasteiger partial charge in [0.05, 0.1) is 17.0 Å². The highest BCUT2D eigenvalue weighted by Gasteiger charge is 2.26. The van der Waals surface area contributed by atoms with Gasteiger partial charge in [0.25, 0.3) is 11.8 Å². The molecule has 2 aromatic heterocycles. The van der Waals surface area contributed by atoms with Crippen LogP contribution in [0.3, 0.4) is 0 Å². The van der Waals surface area contributed by atoms with Gasteiger partial charge in [-0.2, -0.15) is 0 Å². The summed E-state index contributed by atoms with van der Waals surface area (Å²) in [7, 11) is 0. The molecule has 3 aromatic rings. The number of hydrogen-bond donors (Lipinski definition) is 2.